The van der Waals surface area contributed by atoms with E-state index in [9.17, 15) is 4.79 Å². The Balaban J connectivity index is 1.26. The minimum atomic E-state index is 0.0120. The molecule has 0 radical (unpaired) electrons. The summed E-state index contributed by atoms with van der Waals surface area (Å²) in [5.41, 5.74) is 2.18. The summed E-state index contributed by atoms with van der Waals surface area (Å²) in [4.78, 5) is 14.9. The summed E-state index contributed by atoms with van der Waals surface area (Å²) < 4.78 is 11.1. The highest BCUT2D eigenvalue weighted by Crippen LogP contribution is 2.38. The summed E-state index contributed by atoms with van der Waals surface area (Å²) in [6.07, 6.45) is 2.61. The van der Waals surface area contributed by atoms with Crippen LogP contribution in [-0.4, -0.2) is 43.7 Å². The van der Waals surface area contributed by atoms with Gasteiger partial charge in [0.25, 0.3) is 0 Å². The fourth-order valence-corrected chi connectivity index (χ4v) is 4.36. The van der Waals surface area contributed by atoms with E-state index in [2.05, 4.69) is 34.5 Å². The number of ether oxygens (including phenoxy) is 2. The minimum Gasteiger partial charge on any atom is -0.486 e. The van der Waals surface area contributed by atoms with Crippen LogP contribution in [-0.2, 0) is 17.8 Å². The van der Waals surface area contributed by atoms with Gasteiger partial charge in [-0.15, -0.1) is 0 Å². The average Bonchev–Trinajstić information content (AvgIpc) is 2.73. The Labute approximate surface area is 176 Å². The van der Waals surface area contributed by atoms with Crippen molar-refractivity contribution in [3.8, 4) is 11.5 Å². The highest BCUT2D eigenvalue weighted by Gasteiger charge is 2.21. The number of rotatable bonds is 6. The van der Waals surface area contributed by atoms with Crippen LogP contribution in [0, 0.1) is 5.92 Å². The van der Waals surface area contributed by atoms with Crippen molar-refractivity contribution < 1.29 is 14.3 Å². The first-order valence-electron chi connectivity index (χ1n) is 10.3. The van der Waals surface area contributed by atoms with Crippen molar-refractivity contribution in [2.24, 2.45) is 5.92 Å². The Morgan fingerprint density at radius 2 is 1.97 bits per heavy atom. The molecule has 0 spiro atoms. The van der Waals surface area contributed by atoms with E-state index in [-0.39, 0.29) is 12.3 Å². The number of carbonyl (C=O) groups is 1. The number of likely N-dealkylation sites (tertiary alicyclic amines) is 1. The molecule has 0 saturated carbocycles. The van der Waals surface area contributed by atoms with Crippen LogP contribution in [0.3, 0.4) is 0 Å². The van der Waals surface area contributed by atoms with Crippen LogP contribution in [0.25, 0.3) is 0 Å². The Morgan fingerprint density at radius 3 is 2.83 bits per heavy atom. The number of hydrogen-bond acceptors (Lipinski definition) is 4. The summed E-state index contributed by atoms with van der Waals surface area (Å²) in [6.45, 7) is 4.82. The van der Waals surface area contributed by atoms with Crippen LogP contribution in [0.5, 0.6) is 11.5 Å². The van der Waals surface area contributed by atoms with Crippen LogP contribution < -0.4 is 14.8 Å². The molecule has 1 N–H and O–H groups in total. The second kappa shape index (κ2) is 9.51. The smallest absolute Gasteiger partial charge is 0.224 e. The molecule has 0 aromatic heterocycles. The summed E-state index contributed by atoms with van der Waals surface area (Å²) in [7, 11) is 0. The van der Waals surface area contributed by atoms with Gasteiger partial charge in [0.05, 0.1) is 11.4 Å². The van der Waals surface area contributed by atoms with Crippen molar-refractivity contribution in [1.82, 2.24) is 10.2 Å². The molecule has 1 amide bonds. The fraction of sp³-hybridized carbons (Fsp3) is 0.435. The zero-order chi connectivity index (χ0) is 20.1. The summed E-state index contributed by atoms with van der Waals surface area (Å²) in [5, 5.41) is 3.60. The Hall–Kier alpha value is -2.24. The van der Waals surface area contributed by atoms with E-state index in [0.29, 0.717) is 42.2 Å². The number of halogens is 1. The molecule has 6 heteroatoms. The van der Waals surface area contributed by atoms with Gasteiger partial charge in [-0.3, -0.25) is 9.69 Å². The quantitative estimate of drug-likeness (QED) is 0.783. The Morgan fingerprint density at radius 1 is 1.14 bits per heavy atom. The Kier molecular flexibility index (Phi) is 6.57. The molecule has 2 aliphatic rings. The lowest BCUT2D eigenvalue weighted by atomic mass is 9.97. The van der Waals surface area contributed by atoms with Gasteiger partial charge in [-0.25, -0.2) is 0 Å². The van der Waals surface area contributed by atoms with Gasteiger partial charge in [-0.2, -0.15) is 0 Å². The molecule has 2 aromatic rings. The summed E-state index contributed by atoms with van der Waals surface area (Å²) >= 11 is 6.27. The number of benzene rings is 2. The van der Waals surface area contributed by atoms with Crippen LogP contribution in [0.2, 0.25) is 5.02 Å². The molecule has 154 valence electrons. The fourth-order valence-electron chi connectivity index (χ4n) is 4.08. The standard InChI is InChI=1S/C23H27ClN2O3/c24-20-11-19(12-21-23(20)29-10-9-28-21)13-22(27)25-14-18-7-4-8-26(16-18)15-17-5-2-1-3-6-17/h1-3,5-6,11-12,18H,4,7-10,13-16H2,(H,25,27). The molecule has 5 nitrogen and oxygen atoms in total. The number of nitrogens with one attached hydrogen (secondary N) is 1. The molecule has 1 saturated heterocycles. The minimum absolute atomic E-state index is 0.0120. The van der Waals surface area contributed by atoms with Gasteiger partial charge in [0, 0.05) is 19.6 Å². The van der Waals surface area contributed by atoms with E-state index in [1.54, 1.807) is 6.07 Å². The van der Waals surface area contributed by atoms with E-state index < -0.39 is 0 Å². The molecule has 1 fully saturated rings. The zero-order valence-electron chi connectivity index (χ0n) is 16.5. The van der Waals surface area contributed by atoms with Crippen molar-refractivity contribution in [1.29, 1.82) is 0 Å². The maximum atomic E-state index is 12.5. The van der Waals surface area contributed by atoms with Crippen molar-refractivity contribution >= 4 is 17.5 Å². The van der Waals surface area contributed by atoms with Gasteiger partial charge in [-0.1, -0.05) is 41.9 Å². The van der Waals surface area contributed by atoms with E-state index in [1.807, 2.05) is 12.1 Å². The molecule has 4 rings (SSSR count). The Bertz CT molecular complexity index is 844. The van der Waals surface area contributed by atoms with Gasteiger partial charge >= 0.3 is 0 Å². The predicted molar refractivity (Wildman–Crippen MR) is 114 cm³/mol. The molecular formula is C23H27ClN2O3. The first-order valence-corrected chi connectivity index (χ1v) is 10.7. The van der Waals surface area contributed by atoms with E-state index >= 15 is 0 Å². The number of fused-ring (bicyclic) bond motifs is 1. The van der Waals surface area contributed by atoms with Crippen LogP contribution in [0.15, 0.2) is 42.5 Å². The van der Waals surface area contributed by atoms with Crippen molar-refractivity contribution in [3.05, 3.63) is 58.6 Å². The lowest BCUT2D eigenvalue weighted by Gasteiger charge is -2.32. The predicted octanol–water partition coefficient (Wildman–Crippen LogP) is 3.68. The highest BCUT2D eigenvalue weighted by atomic mass is 35.5. The largest absolute Gasteiger partial charge is 0.486 e. The third-order valence-corrected chi connectivity index (χ3v) is 5.74. The number of hydrogen-bond donors (Lipinski definition) is 1. The maximum Gasteiger partial charge on any atom is 0.224 e. The number of amides is 1. The van der Waals surface area contributed by atoms with Gasteiger partial charge in [0.2, 0.25) is 5.91 Å². The molecule has 2 aromatic carbocycles. The van der Waals surface area contributed by atoms with Gasteiger partial charge < -0.3 is 14.8 Å². The van der Waals surface area contributed by atoms with E-state index in [0.717, 1.165) is 31.6 Å². The monoisotopic (exact) mass is 414 g/mol. The van der Waals surface area contributed by atoms with Gasteiger partial charge in [0.15, 0.2) is 11.5 Å². The van der Waals surface area contributed by atoms with Crippen molar-refractivity contribution in [3.63, 3.8) is 0 Å². The van der Waals surface area contributed by atoms with Crippen LogP contribution in [0.1, 0.15) is 24.0 Å². The molecule has 2 heterocycles. The third kappa shape index (κ3) is 5.43. The molecule has 1 atom stereocenters. The normalized spacial score (nSPS) is 19.0. The lowest BCUT2D eigenvalue weighted by molar-refractivity contribution is -0.120. The molecule has 2 aliphatic heterocycles. The van der Waals surface area contributed by atoms with Crippen LogP contribution in [0.4, 0.5) is 0 Å². The van der Waals surface area contributed by atoms with Crippen molar-refractivity contribution in [2.45, 2.75) is 25.8 Å². The molecule has 29 heavy (non-hydrogen) atoms. The first kappa shape index (κ1) is 20.0. The van der Waals surface area contributed by atoms with E-state index in [1.165, 1.54) is 12.0 Å². The van der Waals surface area contributed by atoms with Gasteiger partial charge in [-0.05, 0) is 48.6 Å². The SMILES string of the molecule is O=C(Cc1cc(Cl)c2c(c1)OCCO2)NCC1CCCN(Cc2ccccc2)C1. The summed E-state index contributed by atoms with van der Waals surface area (Å²) in [6, 6.07) is 14.2. The van der Waals surface area contributed by atoms with Crippen molar-refractivity contribution in [2.75, 3.05) is 32.8 Å². The zero-order valence-corrected chi connectivity index (χ0v) is 17.3. The lowest BCUT2D eigenvalue weighted by Crippen LogP contribution is -2.40. The first-order chi connectivity index (χ1) is 14.2. The third-order valence-electron chi connectivity index (χ3n) is 5.46. The molecule has 1 unspecified atom stereocenters. The number of carbonyl (C=O) groups excluding carboxylic acids is 1. The maximum absolute atomic E-state index is 12.5. The second-order valence-corrected chi connectivity index (χ2v) is 8.22. The van der Waals surface area contributed by atoms with E-state index in [4.69, 9.17) is 21.1 Å². The van der Waals surface area contributed by atoms with Gasteiger partial charge in [0.1, 0.15) is 13.2 Å². The highest BCUT2D eigenvalue weighted by molar-refractivity contribution is 6.32. The average molecular weight is 415 g/mol. The number of nitrogens with zero attached hydrogens (tertiary/aromatic N) is 1. The number of piperidine rings is 1. The topological polar surface area (TPSA) is 50.8 Å². The molecule has 0 aliphatic carbocycles. The molecular weight excluding hydrogens is 388 g/mol. The van der Waals surface area contributed by atoms with Crippen LogP contribution >= 0.6 is 11.6 Å². The second-order valence-electron chi connectivity index (χ2n) is 7.81. The molecule has 0 bridgehead atoms. The summed E-state index contributed by atoms with van der Waals surface area (Å²) in [5.74, 6) is 1.69.